The molecule has 4 aromatic rings. The molecule has 2 fully saturated rings. The Kier molecular flexibility index (Phi) is 7.69. The third kappa shape index (κ3) is 5.61. The highest BCUT2D eigenvalue weighted by Crippen LogP contribution is 2.35. The second-order valence-corrected chi connectivity index (χ2v) is 13.1. The molecule has 2 aliphatic rings. The van der Waals surface area contributed by atoms with Crippen LogP contribution in [0.4, 0.5) is 23.0 Å². The average molecular weight is 592 g/mol. The summed E-state index contributed by atoms with van der Waals surface area (Å²) in [6.07, 6.45) is 5.76. The Morgan fingerprint density at radius 1 is 1.05 bits per heavy atom. The molecule has 0 aliphatic carbocycles. The fourth-order valence-corrected chi connectivity index (χ4v) is 6.51. The molecule has 2 aromatic heterocycles. The van der Waals surface area contributed by atoms with Gasteiger partial charge in [-0.2, -0.15) is 0 Å². The third-order valence-corrected chi connectivity index (χ3v) is 9.58. The van der Waals surface area contributed by atoms with Gasteiger partial charge in [0.1, 0.15) is 5.75 Å². The number of hydrogen-bond acceptors (Lipinski definition) is 9. The predicted octanol–water partition coefficient (Wildman–Crippen LogP) is 3.58. The molecule has 2 aliphatic heterocycles. The molecular formula is C30H37N7O4S. The molecule has 0 unspecified atom stereocenters. The van der Waals surface area contributed by atoms with Gasteiger partial charge in [0.2, 0.25) is 16.0 Å². The number of β-amino-alcohol motifs (C(OH)–C–C–N with tert-alkyl or cyclic N) is 1. The van der Waals surface area contributed by atoms with Crippen molar-refractivity contribution in [1.29, 1.82) is 0 Å². The Morgan fingerprint density at radius 3 is 2.55 bits per heavy atom. The lowest BCUT2D eigenvalue weighted by molar-refractivity contribution is 0.148. The summed E-state index contributed by atoms with van der Waals surface area (Å²) >= 11 is 0. The maximum absolute atomic E-state index is 12.3. The molecule has 2 aromatic carbocycles. The van der Waals surface area contributed by atoms with Crippen LogP contribution >= 0.6 is 0 Å². The lowest BCUT2D eigenvalue weighted by Crippen LogP contribution is -2.44. The van der Waals surface area contributed by atoms with E-state index >= 15 is 0 Å². The zero-order valence-corrected chi connectivity index (χ0v) is 25.0. The number of aliphatic hydroxyl groups excluding tert-OH is 1. The van der Waals surface area contributed by atoms with Gasteiger partial charge in [0, 0.05) is 56.6 Å². The van der Waals surface area contributed by atoms with E-state index in [0.29, 0.717) is 23.4 Å². The number of nitrogens with one attached hydrogen (secondary N) is 1. The summed E-state index contributed by atoms with van der Waals surface area (Å²) in [5.74, 6) is 1.07. The van der Waals surface area contributed by atoms with Crippen LogP contribution in [0.2, 0.25) is 0 Å². The second-order valence-electron chi connectivity index (χ2n) is 11.0. The van der Waals surface area contributed by atoms with Crippen LogP contribution in [-0.4, -0.2) is 91.8 Å². The number of aliphatic hydroxyl groups is 1. The molecule has 1 atom stereocenters. The fraction of sp³-hybridized carbons (Fsp3) is 0.400. The first-order valence-electron chi connectivity index (χ1n) is 14.2. The number of anilines is 4. The molecule has 0 bridgehead atoms. The van der Waals surface area contributed by atoms with E-state index in [1.54, 1.807) is 30.9 Å². The maximum Gasteiger partial charge on any atom is 0.245 e. The summed E-state index contributed by atoms with van der Waals surface area (Å²) in [6, 6.07) is 17.8. The fourth-order valence-electron chi connectivity index (χ4n) is 6.00. The van der Waals surface area contributed by atoms with Gasteiger partial charge in [-0.25, -0.2) is 17.9 Å². The zero-order valence-electron chi connectivity index (χ0n) is 24.1. The second kappa shape index (κ2) is 11.4. The summed E-state index contributed by atoms with van der Waals surface area (Å²) in [4.78, 5) is 9.33. The maximum atomic E-state index is 12.3. The molecule has 6 rings (SSSR count). The number of nitrogens with zero attached hydrogens (tertiary/aromatic N) is 6. The minimum Gasteiger partial charge on any atom is -0.494 e. The van der Waals surface area contributed by atoms with Crippen molar-refractivity contribution in [1.82, 2.24) is 19.5 Å². The molecule has 222 valence electrons. The van der Waals surface area contributed by atoms with E-state index in [4.69, 9.17) is 9.84 Å². The Morgan fingerprint density at radius 2 is 1.83 bits per heavy atom. The van der Waals surface area contributed by atoms with E-state index < -0.39 is 10.0 Å². The summed E-state index contributed by atoms with van der Waals surface area (Å²) in [7, 11) is -0.254. The zero-order chi connectivity index (χ0) is 29.4. The quantitative estimate of drug-likeness (QED) is 0.317. The van der Waals surface area contributed by atoms with Gasteiger partial charge < -0.3 is 20.1 Å². The highest BCUT2D eigenvalue weighted by molar-refractivity contribution is 7.92. The van der Waals surface area contributed by atoms with Gasteiger partial charge in [-0.1, -0.05) is 18.2 Å². The van der Waals surface area contributed by atoms with Crippen LogP contribution in [0.1, 0.15) is 19.3 Å². The minimum atomic E-state index is -3.45. The van der Waals surface area contributed by atoms with Gasteiger partial charge in [-0.15, -0.1) is 5.10 Å². The van der Waals surface area contributed by atoms with Crippen LogP contribution in [-0.2, 0) is 10.0 Å². The van der Waals surface area contributed by atoms with Crippen molar-refractivity contribution < 1.29 is 18.3 Å². The van der Waals surface area contributed by atoms with Crippen LogP contribution in [0.3, 0.4) is 0 Å². The number of rotatable bonds is 8. The van der Waals surface area contributed by atoms with Gasteiger partial charge >= 0.3 is 0 Å². The lowest BCUT2D eigenvalue weighted by atomic mass is 10.0. The van der Waals surface area contributed by atoms with Crippen LogP contribution in [0.25, 0.3) is 16.8 Å². The van der Waals surface area contributed by atoms with Crippen molar-refractivity contribution in [3.63, 3.8) is 0 Å². The molecule has 42 heavy (non-hydrogen) atoms. The van der Waals surface area contributed by atoms with Gasteiger partial charge in [0.25, 0.3) is 0 Å². The van der Waals surface area contributed by atoms with Crippen LogP contribution in [0, 0.1) is 0 Å². The SMILES string of the molecule is COc1cc(N2CCC(N3CC[C@@H](O)C3)CC2)ccc1Nc1ncc2ccc(-c3ccccc3N(C)S(C)(=O)=O)n2n1. The van der Waals surface area contributed by atoms with Crippen molar-refractivity contribution in [3.05, 3.63) is 60.8 Å². The van der Waals surface area contributed by atoms with E-state index in [1.165, 1.54) is 10.6 Å². The van der Waals surface area contributed by atoms with E-state index in [-0.39, 0.29) is 6.10 Å². The number of benzene rings is 2. The Bertz CT molecular complexity index is 1680. The van der Waals surface area contributed by atoms with Crippen molar-refractivity contribution in [3.8, 4) is 17.0 Å². The highest BCUT2D eigenvalue weighted by atomic mass is 32.2. The summed E-state index contributed by atoms with van der Waals surface area (Å²) in [5, 5.41) is 18.0. The average Bonchev–Trinajstić information content (AvgIpc) is 3.62. The minimum absolute atomic E-state index is 0.182. The number of para-hydroxylation sites is 1. The molecule has 0 radical (unpaired) electrons. The van der Waals surface area contributed by atoms with Crippen molar-refractivity contribution >= 4 is 38.6 Å². The number of aromatic nitrogens is 3. The van der Waals surface area contributed by atoms with Crippen molar-refractivity contribution in [2.75, 3.05) is 61.1 Å². The summed E-state index contributed by atoms with van der Waals surface area (Å²) in [6.45, 7) is 3.70. The molecule has 4 heterocycles. The highest BCUT2D eigenvalue weighted by Gasteiger charge is 2.30. The Hall–Kier alpha value is -3.87. The van der Waals surface area contributed by atoms with Gasteiger partial charge in [-0.3, -0.25) is 9.21 Å². The first-order valence-corrected chi connectivity index (χ1v) is 16.1. The predicted molar refractivity (Wildman–Crippen MR) is 165 cm³/mol. The first kappa shape index (κ1) is 28.3. The molecule has 2 saturated heterocycles. The molecule has 0 saturated carbocycles. The largest absolute Gasteiger partial charge is 0.494 e. The van der Waals surface area contributed by atoms with E-state index in [9.17, 15) is 13.5 Å². The number of sulfonamides is 1. The molecule has 11 nitrogen and oxygen atoms in total. The van der Waals surface area contributed by atoms with Gasteiger partial charge in [-0.05, 0) is 49.6 Å². The Balaban J connectivity index is 1.22. The molecule has 0 spiro atoms. The topological polar surface area (TPSA) is 116 Å². The number of fused-ring (bicyclic) bond motifs is 1. The van der Waals surface area contributed by atoms with Gasteiger partial charge in [0.05, 0.1) is 48.3 Å². The van der Waals surface area contributed by atoms with Crippen LogP contribution < -0.4 is 19.3 Å². The lowest BCUT2D eigenvalue weighted by Gasteiger charge is -2.38. The van der Waals surface area contributed by atoms with Crippen molar-refractivity contribution in [2.45, 2.75) is 31.4 Å². The number of methoxy groups -OCH3 is 1. The molecular weight excluding hydrogens is 554 g/mol. The molecule has 12 heteroatoms. The Labute approximate surface area is 246 Å². The van der Waals surface area contributed by atoms with Crippen molar-refractivity contribution in [2.24, 2.45) is 0 Å². The van der Waals surface area contributed by atoms with E-state index in [2.05, 4.69) is 26.2 Å². The number of hydrogen-bond donors (Lipinski definition) is 2. The standard InChI is InChI=1S/C30H37N7O4S/c1-34(42(3,39)40)27-7-5-4-6-25(27)28-11-9-23-19-31-30(33-37(23)28)32-26-10-8-22(18-29(26)41-2)35-15-12-21(13-16-35)36-17-14-24(38)20-36/h4-11,18-19,21,24,38H,12-17,20H2,1-3H3,(H,32,33)/t24-/m1/s1. The van der Waals surface area contributed by atoms with Gasteiger partial charge in [0.15, 0.2) is 0 Å². The first-order chi connectivity index (χ1) is 20.2. The smallest absolute Gasteiger partial charge is 0.245 e. The number of ether oxygens (including phenoxy) is 1. The number of piperidine rings is 1. The van der Waals surface area contributed by atoms with Crippen LogP contribution in [0.15, 0.2) is 60.8 Å². The normalized spacial score (nSPS) is 18.5. The van der Waals surface area contributed by atoms with E-state index in [1.807, 2.05) is 42.5 Å². The monoisotopic (exact) mass is 591 g/mol. The third-order valence-electron chi connectivity index (χ3n) is 8.39. The van der Waals surface area contributed by atoms with E-state index in [0.717, 1.165) is 73.6 Å². The molecule has 0 amide bonds. The molecule has 2 N–H and O–H groups in total. The number of likely N-dealkylation sites (tertiary alicyclic amines) is 1. The summed E-state index contributed by atoms with van der Waals surface area (Å²) in [5.41, 5.74) is 4.67. The summed E-state index contributed by atoms with van der Waals surface area (Å²) < 4.78 is 33.4. The van der Waals surface area contributed by atoms with Crippen LogP contribution in [0.5, 0.6) is 5.75 Å².